The molecule has 15 nitrogen and oxygen atoms in total. The smallest absolute Gasteiger partial charge is 0.323 e. The fourth-order valence-electron chi connectivity index (χ4n) is 4.71. The molecule has 0 bridgehead atoms. The predicted molar refractivity (Wildman–Crippen MR) is 174 cm³/mol. The van der Waals surface area contributed by atoms with E-state index in [0.717, 1.165) is 17.3 Å². The van der Waals surface area contributed by atoms with Gasteiger partial charge in [0.25, 0.3) is 5.91 Å². The number of imidazole rings is 1. The van der Waals surface area contributed by atoms with Crippen LogP contribution in [0.25, 0.3) is 22.0 Å². The van der Waals surface area contributed by atoms with E-state index in [2.05, 4.69) is 35.1 Å². The van der Waals surface area contributed by atoms with Crippen LogP contribution in [-0.2, 0) is 31.4 Å². The molecule has 246 valence electrons. The number of aliphatic carboxylic acids is 1. The number of H-pyrrole nitrogens is 1. The second-order valence-electron chi connectivity index (χ2n) is 10.3. The molecule has 6 N–H and O–H groups in total. The zero-order valence-corrected chi connectivity index (χ0v) is 26.7. The predicted octanol–water partition coefficient (Wildman–Crippen LogP) is 2.00. The summed E-state index contributed by atoms with van der Waals surface area (Å²) in [4.78, 5) is 31.8. The van der Waals surface area contributed by atoms with E-state index in [4.69, 9.17) is 0 Å². The molecule has 3 aromatic carbocycles. The van der Waals surface area contributed by atoms with Crippen LogP contribution in [0.15, 0.2) is 95.1 Å². The van der Waals surface area contributed by atoms with Crippen LogP contribution in [0.3, 0.4) is 0 Å². The van der Waals surface area contributed by atoms with Crippen molar-refractivity contribution in [3.63, 3.8) is 0 Å². The minimum absolute atomic E-state index is 0.0807. The number of hydrogen-bond acceptors (Lipinski definition) is 9. The lowest BCUT2D eigenvalue weighted by molar-refractivity contribution is -0.138. The van der Waals surface area contributed by atoms with Gasteiger partial charge in [0.2, 0.25) is 20.0 Å². The van der Waals surface area contributed by atoms with Crippen molar-refractivity contribution in [3.8, 4) is 11.1 Å². The molecule has 0 aliphatic heterocycles. The number of carbonyl (C=O) groups is 2. The Bertz CT molecular complexity index is 2080. The summed E-state index contributed by atoms with van der Waals surface area (Å²) in [6, 6.07) is 15.0. The normalized spacial score (nSPS) is 12.5. The highest BCUT2D eigenvalue weighted by atomic mass is 32.2. The van der Waals surface area contributed by atoms with Gasteiger partial charge in [-0.05, 0) is 67.1 Å². The Hall–Kier alpha value is -5.10. The van der Waals surface area contributed by atoms with Gasteiger partial charge in [-0.1, -0.05) is 24.3 Å². The molecule has 0 saturated heterocycles. The molecular formula is C30H32N8O7S2. The Kier molecular flexibility index (Phi) is 10.00. The van der Waals surface area contributed by atoms with Crippen molar-refractivity contribution in [1.82, 2.24) is 34.5 Å². The van der Waals surface area contributed by atoms with Gasteiger partial charge in [-0.25, -0.2) is 26.5 Å². The summed E-state index contributed by atoms with van der Waals surface area (Å²) < 4.78 is 56.1. The topological polar surface area (TPSA) is 217 Å². The number of carboxylic acid groups (broad SMARTS) is 1. The quantitative estimate of drug-likeness (QED) is 0.0884. The first-order valence-corrected chi connectivity index (χ1v) is 17.3. The third-order valence-corrected chi connectivity index (χ3v) is 10.2. The van der Waals surface area contributed by atoms with Crippen molar-refractivity contribution >= 4 is 48.8 Å². The lowest BCUT2D eigenvalue weighted by Crippen LogP contribution is -2.48. The van der Waals surface area contributed by atoms with Crippen LogP contribution in [0.1, 0.15) is 16.8 Å². The number of benzene rings is 3. The summed E-state index contributed by atoms with van der Waals surface area (Å²) in [7, 11) is -6.58. The van der Waals surface area contributed by atoms with E-state index in [-0.39, 0.29) is 15.4 Å². The van der Waals surface area contributed by atoms with Crippen LogP contribution in [0.4, 0.5) is 5.95 Å². The molecule has 17 heteroatoms. The van der Waals surface area contributed by atoms with E-state index in [0.29, 0.717) is 30.2 Å². The van der Waals surface area contributed by atoms with E-state index in [1.165, 1.54) is 43.4 Å². The first-order valence-electron chi connectivity index (χ1n) is 14.3. The molecule has 2 aromatic heterocycles. The van der Waals surface area contributed by atoms with Crippen molar-refractivity contribution < 1.29 is 31.5 Å². The van der Waals surface area contributed by atoms with Gasteiger partial charge in [0.1, 0.15) is 6.04 Å². The average molecular weight is 681 g/mol. The number of amides is 1. The Morgan fingerprint density at radius 3 is 2.19 bits per heavy atom. The molecule has 0 aliphatic carbocycles. The number of rotatable bonds is 15. The third-order valence-electron chi connectivity index (χ3n) is 7.23. The van der Waals surface area contributed by atoms with Crippen molar-refractivity contribution in [2.24, 2.45) is 0 Å². The van der Waals surface area contributed by atoms with Crippen LogP contribution >= 0.6 is 0 Å². The number of carbonyl (C=O) groups excluding carboxylic acids is 1. The highest BCUT2D eigenvalue weighted by molar-refractivity contribution is 7.89. The number of nitrogens with zero attached hydrogens (tertiary/aromatic N) is 3. The lowest BCUT2D eigenvalue weighted by atomic mass is 10.1. The number of fused-ring (bicyclic) bond motifs is 1. The fraction of sp³-hybridized carbons (Fsp3) is 0.200. The second-order valence-corrected chi connectivity index (χ2v) is 13.9. The minimum atomic E-state index is -4.28. The van der Waals surface area contributed by atoms with E-state index < -0.39 is 44.5 Å². The first-order chi connectivity index (χ1) is 22.5. The Balaban J connectivity index is 1.18. The van der Waals surface area contributed by atoms with Crippen LogP contribution in [0, 0.1) is 0 Å². The molecule has 0 spiro atoms. The molecule has 1 unspecified atom stereocenters. The molecule has 0 fully saturated rings. The molecule has 5 rings (SSSR count). The van der Waals surface area contributed by atoms with Crippen LogP contribution in [-0.4, -0.2) is 79.7 Å². The zero-order valence-electron chi connectivity index (χ0n) is 25.0. The summed E-state index contributed by atoms with van der Waals surface area (Å²) in [6.07, 6.45) is 5.79. The summed E-state index contributed by atoms with van der Waals surface area (Å²) >= 11 is 0. The molecule has 2 heterocycles. The molecule has 0 saturated carbocycles. The van der Waals surface area contributed by atoms with Crippen LogP contribution in [0.2, 0.25) is 0 Å². The number of aromatic nitrogens is 4. The van der Waals surface area contributed by atoms with Crippen molar-refractivity contribution in [3.05, 3.63) is 90.9 Å². The molecule has 0 radical (unpaired) electrons. The maximum absolute atomic E-state index is 13.0. The summed E-state index contributed by atoms with van der Waals surface area (Å²) in [5, 5.41) is 20.5. The van der Waals surface area contributed by atoms with Gasteiger partial charge in [0, 0.05) is 43.0 Å². The summed E-state index contributed by atoms with van der Waals surface area (Å²) in [5.74, 6) is -1.37. The van der Waals surface area contributed by atoms with Gasteiger partial charge >= 0.3 is 5.97 Å². The maximum atomic E-state index is 13.0. The molecule has 1 atom stereocenters. The summed E-state index contributed by atoms with van der Waals surface area (Å²) in [6.45, 7) is 0.798. The van der Waals surface area contributed by atoms with E-state index in [1.807, 2.05) is 4.68 Å². The van der Waals surface area contributed by atoms with Gasteiger partial charge < -0.3 is 20.7 Å². The number of aromatic amines is 1. The molecular weight excluding hydrogens is 649 g/mol. The Labute approximate surface area is 270 Å². The van der Waals surface area contributed by atoms with E-state index in [9.17, 15) is 31.5 Å². The molecule has 1 amide bonds. The standard InChI is InChI=1S/C30H32N8O7S2/c1-31-46(42,43)24-8-3-20(4-9-24)21-5-10-25(11-6-21)47(44,45)37-26(29(40)41)19-35-28(39)22-7-12-27-23(17-22)18-36-38(27)16-2-13-32-30-33-14-15-34-30/h3-12,14-15,17-18,26,31,37H,2,13,16,19H2,1H3,(H,35,39)(H,40,41)(H2,32,33,34). The van der Waals surface area contributed by atoms with Crippen molar-refractivity contribution in [1.29, 1.82) is 0 Å². The largest absolute Gasteiger partial charge is 0.480 e. The molecule has 5 aromatic rings. The third kappa shape index (κ3) is 8.01. The first kappa shape index (κ1) is 33.3. The number of sulfonamides is 2. The molecule has 0 aliphatic rings. The highest BCUT2D eigenvalue weighted by Crippen LogP contribution is 2.23. The van der Waals surface area contributed by atoms with Gasteiger partial charge in [0.05, 0.1) is 21.5 Å². The van der Waals surface area contributed by atoms with Gasteiger partial charge in [0.15, 0.2) is 5.95 Å². The monoisotopic (exact) mass is 680 g/mol. The van der Waals surface area contributed by atoms with Crippen molar-refractivity contribution in [2.75, 3.05) is 25.5 Å². The van der Waals surface area contributed by atoms with Gasteiger partial charge in [-0.2, -0.15) is 9.82 Å². The SMILES string of the molecule is CNS(=O)(=O)c1ccc(-c2ccc(S(=O)(=O)NC(CNC(=O)c3ccc4c(cnn4CCCNc4ncc[nH]4)c3)C(=O)O)cc2)cc1. The van der Waals surface area contributed by atoms with E-state index >= 15 is 0 Å². The minimum Gasteiger partial charge on any atom is -0.480 e. The van der Waals surface area contributed by atoms with Crippen LogP contribution < -0.4 is 20.1 Å². The number of aryl methyl sites for hydroxylation is 1. The highest BCUT2D eigenvalue weighted by Gasteiger charge is 2.26. The number of anilines is 1. The summed E-state index contributed by atoms with van der Waals surface area (Å²) in [5.41, 5.74) is 2.34. The number of nitrogens with one attached hydrogen (secondary N) is 5. The van der Waals surface area contributed by atoms with Gasteiger partial charge in [-0.3, -0.25) is 14.3 Å². The number of carboxylic acids is 1. The zero-order chi connectivity index (χ0) is 33.6. The van der Waals surface area contributed by atoms with Crippen LogP contribution in [0.5, 0.6) is 0 Å². The maximum Gasteiger partial charge on any atom is 0.323 e. The Morgan fingerprint density at radius 1 is 0.936 bits per heavy atom. The van der Waals surface area contributed by atoms with E-state index in [1.54, 1.807) is 48.9 Å². The lowest BCUT2D eigenvalue weighted by Gasteiger charge is -2.16. The second kappa shape index (κ2) is 14.1. The number of hydrogen-bond donors (Lipinski definition) is 6. The average Bonchev–Trinajstić information content (AvgIpc) is 3.74. The Morgan fingerprint density at radius 2 is 1.60 bits per heavy atom. The molecule has 47 heavy (non-hydrogen) atoms. The van der Waals surface area contributed by atoms with Crippen molar-refractivity contribution in [2.45, 2.75) is 28.8 Å². The fourth-order valence-corrected chi connectivity index (χ4v) is 6.63. The van der Waals surface area contributed by atoms with Gasteiger partial charge in [-0.15, -0.1) is 0 Å².